The van der Waals surface area contributed by atoms with Crippen LogP contribution in [0.4, 0.5) is 0 Å². The summed E-state index contributed by atoms with van der Waals surface area (Å²) in [4.78, 5) is 33.3. The van der Waals surface area contributed by atoms with Crippen LogP contribution >= 0.6 is 23.2 Å². The zero-order valence-electron chi connectivity index (χ0n) is 15.6. The second-order valence-corrected chi connectivity index (χ2v) is 7.44. The van der Waals surface area contributed by atoms with Crippen LogP contribution in [0.2, 0.25) is 10.0 Å². The Morgan fingerprint density at radius 3 is 2.50 bits per heavy atom. The molecule has 0 saturated carbocycles. The summed E-state index contributed by atoms with van der Waals surface area (Å²) in [6.45, 7) is 1.74. The summed E-state index contributed by atoms with van der Waals surface area (Å²) in [5.41, 5.74) is 3.56. The summed E-state index contributed by atoms with van der Waals surface area (Å²) in [5.74, 6) is -0.754. The van der Waals surface area contributed by atoms with Gasteiger partial charge in [0.1, 0.15) is 5.69 Å². The average molecular weight is 422 g/mol. The number of aromatic amines is 1. The fourth-order valence-corrected chi connectivity index (χ4v) is 3.93. The van der Waals surface area contributed by atoms with Crippen LogP contribution in [0, 0.1) is 6.92 Å². The van der Waals surface area contributed by atoms with Gasteiger partial charge in [0.25, 0.3) is 11.8 Å². The largest absolute Gasteiger partial charge is 0.352 e. The highest BCUT2D eigenvalue weighted by molar-refractivity contribution is 6.44. The van der Waals surface area contributed by atoms with Crippen LogP contribution in [0.5, 0.6) is 0 Å². The van der Waals surface area contributed by atoms with Crippen molar-refractivity contribution in [2.75, 3.05) is 7.11 Å². The first-order valence-corrected chi connectivity index (χ1v) is 9.59. The predicted molar refractivity (Wildman–Crippen MR) is 109 cm³/mol. The number of aromatic nitrogens is 1. The number of carbonyl (C=O) groups is 2. The van der Waals surface area contributed by atoms with Crippen LogP contribution in [0.15, 0.2) is 36.4 Å². The number of hydroxylamine groups is 1. The topological polar surface area (TPSA) is 83.2 Å². The lowest BCUT2D eigenvalue weighted by Crippen LogP contribution is -2.48. The van der Waals surface area contributed by atoms with Crippen molar-refractivity contribution in [3.8, 4) is 0 Å². The zero-order valence-corrected chi connectivity index (χ0v) is 17.1. The number of hydrogen-bond donors (Lipinski definition) is 3. The summed E-state index contributed by atoms with van der Waals surface area (Å²) in [6.07, 6.45) is 6.01. The van der Waals surface area contributed by atoms with Gasteiger partial charge in [0.15, 0.2) is 0 Å². The number of hydrogen-bond acceptors (Lipinski definition) is 3. The van der Waals surface area contributed by atoms with Crippen LogP contribution in [0.25, 0.3) is 0 Å². The first kappa shape index (κ1) is 20.5. The minimum absolute atomic E-state index is 0.184. The molecule has 2 aromatic rings. The highest BCUT2D eigenvalue weighted by atomic mass is 35.5. The van der Waals surface area contributed by atoms with Gasteiger partial charge in [0.2, 0.25) is 0 Å². The molecule has 1 aliphatic carbocycles. The molecule has 1 aliphatic rings. The van der Waals surface area contributed by atoms with Crippen molar-refractivity contribution in [1.29, 1.82) is 0 Å². The van der Waals surface area contributed by atoms with Crippen molar-refractivity contribution in [3.05, 3.63) is 69.0 Å². The molecule has 1 atom stereocenters. The molecule has 148 valence electrons. The normalized spacial score (nSPS) is 18.7. The fraction of sp³-hybridized carbons (Fsp3) is 0.300. The average Bonchev–Trinajstić information content (AvgIpc) is 2.96. The molecule has 1 aromatic carbocycles. The minimum atomic E-state index is -0.762. The molecule has 0 radical (unpaired) electrons. The number of amides is 2. The van der Waals surface area contributed by atoms with Gasteiger partial charge in [-0.25, -0.2) is 5.48 Å². The summed E-state index contributed by atoms with van der Waals surface area (Å²) in [6, 6.07) is 7.16. The summed E-state index contributed by atoms with van der Waals surface area (Å²) >= 11 is 12.3. The minimum Gasteiger partial charge on any atom is -0.352 e. The van der Waals surface area contributed by atoms with Gasteiger partial charge in [-0.1, -0.05) is 53.6 Å². The highest BCUT2D eigenvalue weighted by Gasteiger charge is 2.37. The SMILES string of the molecule is CONC(=O)c1ccccc1C1(NC(=O)c2[nH]c(C)c(Cl)c2Cl)CC=CCC1. The van der Waals surface area contributed by atoms with E-state index in [1.807, 2.05) is 18.2 Å². The van der Waals surface area contributed by atoms with Gasteiger partial charge in [-0.05, 0) is 37.8 Å². The Bertz CT molecular complexity index is 939. The van der Waals surface area contributed by atoms with Crippen molar-refractivity contribution >= 4 is 35.0 Å². The molecular formula is C20H21Cl2N3O3. The quantitative estimate of drug-likeness (QED) is 0.497. The molecule has 1 heterocycles. The second kappa shape index (κ2) is 8.39. The molecule has 8 heteroatoms. The van der Waals surface area contributed by atoms with Gasteiger partial charge >= 0.3 is 0 Å². The number of H-pyrrole nitrogens is 1. The number of benzene rings is 1. The number of nitrogens with one attached hydrogen (secondary N) is 3. The summed E-state index contributed by atoms with van der Waals surface area (Å²) < 4.78 is 0. The van der Waals surface area contributed by atoms with E-state index in [-0.39, 0.29) is 22.5 Å². The Kier molecular flexibility index (Phi) is 6.13. The van der Waals surface area contributed by atoms with Crippen molar-refractivity contribution in [2.24, 2.45) is 0 Å². The van der Waals surface area contributed by atoms with Crippen LogP contribution in [0.1, 0.15) is 51.4 Å². The Hall–Kier alpha value is -2.28. The molecule has 0 bridgehead atoms. The third-order valence-electron chi connectivity index (χ3n) is 4.89. The van der Waals surface area contributed by atoms with Gasteiger partial charge in [-0.15, -0.1) is 0 Å². The van der Waals surface area contributed by atoms with Crippen LogP contribution in [-0.2, 0) is 10.4 Å². The second-order valence-electron chi connectivity index (χ2n) is 6.68. The first-order valence-electron chi connectivity index (χ1n) is 8.83. The van der Waals surface area contributed by atoms with E-state index in [4.69, 9.17) is 28.0 Å². The molecule has 1 unspecified atom stereocenters. The van der Waals surface area contributed by atoms with E-state index in [1.165, 1.54) is 7.11 Å². The lowest BCUT2D eigenvalue weighted by molar-refractivity contribution is 0.0533. The number of rotatable bonds is 5. The lowest BCUT2D eigenvalue weighted by Gasteiger charge is -2.37. The van der Waals surface area contributed by atoms with E-state index in [2.05, 4.69) is 21.9 Å². The maximum absolute atomic E-state index is 13.0. The molecule has 28 heavy (non-hydrogen) atoms. The molecule has 2 amide bonds. The molecule has 6 nitrogen and oxygen atoms in total. The summed E-state index contributed by atoms with van der Waals surface area (Å²) in [5, 5.41) is 3.61. The van der Waals surface area contributed by atoms with Gasteiger partial charge in [-0.3, -0.25) is 14.4 Å². The van der Waals surface area contributed by atoms with E-state index >= 15 is 0 Å². The standard InChI is InChI=1S/C20H21Cl2N3O3/c1-12-15(21)16(22)17(23-12)19(27)24-20(10-6-3-7-11-20)14-9-5-4-8-13(14)18(26)25-28-2/h3-6,8-9,23H,7,10-11H2,1-2H3,(H,24,27)(H,25,26). The number of allylic oxidation sites excluding steroid dienone is 1. The van der Waals surface area contributed by atoms with Crippen LogP contribution in [0.3, 0.4) is 0 Å². The first-order chi connectivity index (χ1) is 13.4. The summed E-state index contributed by atoms with van der Waals surface area (Å²) in [7, 11) is 1.38. The third kappa shape index (κ3) is 3.81. The third-order valence-corrected chi connectivity index (χ3v) is 5.83. The number of halogens is 2. The van der Waals surface area contributed by atoms with Crippen molar-refractivity contribution in [2.45, 2.75) is 31.7 Å². The van der Waals surface area contributed by atoms with Gasteiger partial charge < -0.3 is 10.3 Å². The monoisotopic (exact) mass is 421 g/mol. The molecular weight excluding hydrogens is 401 g/mol. The zero-order chi connectivity index (χ0) is 20.3. The number of aryl methyl sites for hydroxylation is 1. The maximum atomic E-state index is 13.0. The smallest absolute Gasteiger partial charge is 0.275 e. The van der Waals surface area contributed by atoms with Crippen LogP contribution in [-0.4, -0.2) is 23.9 Å². The van der Waals surface area contributed by atoms with E-state index in [0.717, 1.165) is 6.42 Å². The van der Waals surface area contributed by atoms with Crippen LogP contribution < -0.4 is 10.8 Å². The van der Waals surface area contributed by atoms with Gasteiger partial charge in [-0.2, -0.15) is 0 Å². The highest BCUT2D eigenvalue weighted by Crippen LogP contribution is 2.37. The van der Waals surface area contributed by atoms with Crippen molar-refractivity contribution < 1.29 is 14.4 Å². The predicted octanol–water partition coefficient (Wildman–Crippen LogP) is 4.29. The Morgan fingerprint density at radius 2 is 1.89 bits per heavy atom. The Morgan fingerprint density at radius 1 is 1.14 bits per heavy atom. The molecule has 0 saturated heterocycles. The Labute approximate surface area is 173 Å². The van der Waals surface area contributed by atoms with Crippen molar-refractivity contribution in [1.82, 2.24) is 15.8 Å². The van der Waals surface area contributed by atoms with Crippen molar-refractivity contribution in [3.63, 3.8) is 0 Å². The molecule has 3 rings (SSSR count). The van der Waals surface area contributed by atoms with E-state index in [0.29, 0.717) is 34.7 Å². The molecule has 0 aliphatic heterocycles. The molecule has 3 N–H and O–H groups in total. The molecule has 0 fully saturated rings. The molecule has 1 aromatic heterocycles. The van der Waals surface area contributed by atoms with E-state index < -0.39 is 5.54 Å². The maximum Gasteiger partial charge on any atom is 0.275 e. The number of carbonyl (C=O) groups excluding carboxylic acids is 2. The Balaban J connectivity index is 2.03. The fourth-order valence-electron chi connectivity index (χ4n) is 3.51. The molecule has 0 spiro atoms. The van der Waals surface area contributed by atoms with Gasteiger partial charge in [0, 0.05) is 11.3 Å². The van der Waals surface area contributed by atoms with E-state index in [1.54, 1.807) is 19.1 Å². The van der Waals surface area contributed by atoms with E-state index in [9.17, 15) is 9.59 Å². The lowest BCUT2D eigenvalue weighted by atomic mass is 9.77. The van der Waals surface area contributed by atoms with Gasteiger partial charge in [0.05, 0.1) is 22.7 Å².